The zero-order valence-corrected chi connectivity index (χ0v) is 30.9. The molecule has 6 aromatic carbocycles. The van der Waals surface area contributed by atoms with Crippen molar-refractivity contribution < 1.29 is 0 Å². The first-order valence-electron chi connectivity index (χ1n) is 18.0. The number of fused-ring (bicyclic) bond motifs is 8. The second kappa shape index (κ2) is 10.4. The number of benzene rings is 6. The third-order valence-corrected chi connectivity index (χ3v) is 11.6. The first kappa shape index (κ1) is 31.6. The highest BCUT2D eigenvalue weighted by atomic mass is 15.1. The minimum atomic E-state index is -0.169. The third kappa shape index (κ3) is 4.73. The van der Waals surface area contributed by atoms with Crippen LogP contribution in [-0.4, -0.2) is 0 Å². The van der Waals surface area contributed by atoms with Gasteiger partial charge in [0.2, 0.25) is 0 Å². The topological polar surface area (TPSA) is 3.24 Å². The smallest absolute Gasteiger partial charge is 0.0543 e. The van der Waals surface area contributed by atoms with Gasteiger partial charge in [0.15, 0.2) is 0 Å². The van der Waals surface area contributed by atoms with Crippen molar-refractivity contribution in [1.29, 1.82) is 0 Å². The normalized spacial score (nSPS) is 15.5. The van der Waals surface area contributed by atoms with Gasteiger partial charge in [0.25, 0.3) is 0 Å². The molecule has 0 aliphatic heterocycles. The highest BCUT2D eigenvalue weighted by molar-refractivity contribution is 6.10. The van der Waals surface area contributed by atoms with Crippen LogP contribution in [0, 0.1) is 0 Å². The van der Waals surface area contributed by atoms with Gasteiger partial charge in [-0.05, 0) is 114 Å². The van der Waals surface area contributed by atoms with E-state index in [1.54, 1.807) is 0 Å². The van der Waals surface area contributed by atoms with Gasteiger partial charge in [-0.3, -0.25) is 0 Å². The van der Waals surface area contributed by atoms with Crippen LogP contribution >= 0.6 is 0 Å². The zero-order chi connectivity index (χ0) is 34.7. The van der Waals surface area contributed by atoms with Crippen LogP contribution in [0.25, 0.3) is 33.0 Å². The largest absolute Gasteiger partial charge is 0.310 e. The Kier molecular flexibility index (Phi) is 6.74. The molecule has 0 atom stereocenters. The Bertz CT molecular complexity index is 2210. The van der Waals surface area contributed by atoms with E-state index in [0.717, 1.165) is 0 Å². The standard InChI is InChI=1S/C48H49N/c1-45(2,3)30-19-23-32(24-20-30)49(33-25-21-31(22-26-33)46(4,5)6)43-29-42-44(36-17-12-11-16-35(36)43)38-28-40-37(27-41(38)48(42,9)10)34-15-13-14-18-39(34)47(40,7)8/h11-29H,1-10H3. The predicted octanol–water partition coefficient (Wildman–Crippen LogP) is 13.5. The van der Waals surface area contributed by atoms with Gasteiger partial charge in [0.1, 0.15) is 0 Å². The predicted molar refractivity (Wildman–Crippen MR) is 211 cm³/mol. The lowest BCUT2D eigenvalue weighted by molar-refractivity contribution is 0.590. The summed E-state index contributed by atoms with van der Waals surface area (Å²) in [5, 5.41) is 2.59. The zero-order valence-electron chi connectivity index (χ0n) is 30.9. The molecule has 0 N–H and O–H groups in total. The molecule has 0 radical (unpaired) electrons. The van der Waals surface area contributed by atoms with Crippen molar-refractivity contribution in [1.82, 2.24) is 0 Å². The molecule has 49 heavy (non-hydrogen) atoms. The molecule has 6 aromatic rings. The SMILES string of the molecule is CC(C)(C)c1ccc(N(c2ccc(C(C)(C)C)cc2)c2cc3c(c4ccccc24)-c2cc4c(cc2C3(C)C)-c2ccccc2C4(C)C)cc1. The van der Waals surface area contributed by atoms with Crippen molar-refractivity contribution >= 4 is 27.8 Å². The molecule has 0 fully saturated rings. The van der Waals surface area contributed by atoms with Crippen LogP contribution in [0.5, 0.6) is 0 Å². The van der Waals surface area contributed by atoms with E-state index in [0.29, 0.717) is 0 Å². The maximum atomic E-state index is 2.54. The van der Waals surface area contributed by atoms with Crippen molar-refractivity contribution in [3.63, 3.8) is 0 Å². The van der Waals surface area contributed by atoms with Crippen molar-refractivity contribution in [3.05, 3.63) is 149 Å². The number of rotatable bonds is 3. The van der Waals surface area contributed by atoms with Crippen LogP contribution in [0.3, 0.4) is 0 Å². The maximum absolute atomic E-state index is 2.54. The Hall–Kier alpha value is -4.62. The minimum Gasteiger partial charge on any atom is -0.310 e. The monoisotopic (exact) mass is 639 g/mol. The van der Waals surface area contributed by atoms with Gasteiger partial charge in [0.05, 0.1) is 5.69 Å². The molecule has 0 aromatic heterocycles. The van der Waals surface area contributed by atoms with Gasteiger partial charge in [-0.25, -0.2) is 0 Å². The molecule has 2 aliphatic carbocycles. The van der Waals surface area contributed by atoms with E-state index in [9.17, 15) is 0 Å². The van der Waals surface area contributed by atoms with Gasteiger partial charge < -0.3 is 4.90 Å². The highest BCUT2D eigenvalue weighted by Gasteiger charge is 2.42. The highest BCUT2D eigenvalue weighted by Crippen LogP contribution is 2.58. The summed E-state index contributed by atoms with van der Waals surface area (Å²) in [6, 6.07) is 44.1. The molecule has 8 rings (SSSR count). The number of anilines is 3. The molecule has 0 unspecified atom stereocenters. The molecule has 1 nitrogen and oxygen atoms in total. The molecule has 1 heteroatoms. The fourth-order valence-electron chi connectivity index (χ4n) is 8.59. The molecule has 246 valence electrons. The van der Waals surface area contributed by atoms with Gasteiger partial charge in [-0.2, -0.15) is 0 Å². The molecule has 0 amide bonds. The van der Waals surface area contributed by atoms with Crippen molar-refractivity contribution in [3.8, 4) is 22.3 Å². The Balaban J connectivity index is 1.38. The molecular weight excluding hydrogens is 591 g/mol. The van der Waals surface area contributed by atoms with Crippen LogP contribution < -0.4 is 4.90 Å². The summed E-state index contributed by atoms with van der Waals surface area (Å²) in [4.78, 5) is 2.49. The van der Waals surface area contributed by atoms with Gasteiger partial charge in [-0.1, -0.05) is 142 Å². The molecule has 0 heterocycles. The first-order chi connectivity index (χ1) is 23.1. The Morgan fingerprint density at radius 2 is 0.898 bits per heavy atom. The van der Waals surface area contributed by atoms with Crippen LogP contribution in [0.15, 0.2) is 115 Å². The van der Waals surface area contributed by atoms with Crippen LogP contribution in [0.1, 0.15) is 103 Å². The molecular formula is C48H49N. The Morgan fingerprint density at radius 3 is 1.47 bits per heavy atom. The fourth-order valence-corrected chi connectivity index (χ4v) is 8.59. The third-order valence-electron chi connectivity index (χ3n) is 11.6. The molecule has 0 saturated carbocycles. The maximum Gasteiger partial charge on any atom is 0.0543 e. The second-order valence-corrected chi connectivity index (χ2v) is 17.5. The number of hydrogen-bond donors (Lipinski definition) is 0. The van der Waals surface area contributed by atoms with E-state index in [-0.39, 0.29) is 21.7 Å². The van der Waals surface area contributed by atoms with Crippen molar-refractivity contribution in [2.75, 3.05) is 4.90 Å². The quantitative estimate of drug-likeness (QED) is 0.186. The average Bonchev–Trinajstić information content (AvgIpc) is 3.43. The minimum absolute atomic E-state index is 0.0428. The van der Waals surface area contributed by atoms with Crippen molar-refractivity contribution in [2.45, 2.75) is 90.9 Å². The Labute approximate surface area is 293 Å². The lowest BCUT2D eigenvalue weighted by atomic mass is 9.79. The fraction of sp³-hybridized carbons (Fsp3) is 0.292. The first-order valence-corrected chi connectivity index (χ1v) is 18.0. The second-order valence-electron chi connectivity index (χ2n) is 17.5. The van der Waals surface area contributed by atoms with Gasteiger partial charge in [-0.15, -0.1) is 0 Å². The van der Waals surface area contributed by atoms with Crippen LogP contribution in [0.4, 0.5) is 17.1 Å². The Morgan fingerprint density at radius 1 is 0.429 bits per heavy atom. The molecule has 0 spiro atoms. The van der Waals surface area contributed by atoms with Crippen LogP contribution in [0.2, 0.25) is 0 Å². The number of nitrogens with zero attached hydrogens (tertiary/aromatic N) is 1. The molecule has 0 bridgehead atoms. The summed E-state index contributed by atoms with van der Waals surface area (Å²) < 4.78 is 0. The molecule has 2 aliphatic rings. The van der Waals surface area contributed by atoms with E-state index in [4.69, 9.17) is 0 Å². The lowest BCUT2D eigenvalue weighted by Crippen LogP contribution is -2.18. The van der Waals surface area contributed by atoms with E-state index in [2.05, 4.69) is 189 Å². The van der Waals surface area contributed by atoms with Gasteiger partial charge >= 0.3 is 0 Å². The van der Waals surface area contributed by atoms with Crippen molar-refractivity contribution in [2.24, 2.45) is 0 Å². The van der Waals surface area contributed by atoms with Crippen LogP contribution in [-0.2, 0) is 21.7 Å². The van der Waals surface area contributed by atoms with Gasteiger partial charge in [0, 0.05) is 27.6 Å². The summed E-state index contributed by atoms with van der Waals surface area (Å²) in [7, 11) is 0. The number of hydrogen-bond acceptors (Lipinski definition) is 1. The van der Waals surface area contributed by atoms with E-state index >= 15 is 0 Å². The summed E-state index contributed by atoms with van der Waals surface area (Å²) in [6.45, 7) is 23.3. The summed E-state index contributed by atoms with van der Waals surface area (Å²) in [5.74, 6) is 0. The molecule has 0 saturated heterocycles. The van der Waals surface area contributed by atoms with E-state index in [1.807, 2.05) is 0 Å². The summed E-state index contributed by atoms with van der Waals surface area (Å²) >= 11 is 0. The summed E-state index contributed by atoms with van der Waals surface area (Å²) in [5.41, 5.74) is 17.4. The van der Waals surface area contributed by atoms with E-state index in [1.165, 1.54) is 83.5 Å². The summed E-state index contributed by atoms with van der Waals surface area (Å²) in [6.07, 6.45) is 0. The van der Waals surface area contributed by atoms with E-state index < -0.39 is 0 Å². The average molecular weight is 640 g/mol. The lowest BCUT2D eigenvalue weighted by Gasteiger charge is -2.31.